The Kier molecular flexibility index (Phi) is 5.03. The third kappa shape index (κ3) is 3.31. The van der Waals surface area contributed by atoms with E-state index in [-0.39, 0.29) is 5.97 Å². The van der Waals surface area contributed by atoms with Crippen LogP contribution in [0.5, 0.6) is 0 Å². The summed E-state index contributed by atoms with van der Waals surface area (Å²) in [7, 11) is 0. The van der Waals surface area contributed by atoms with E-state index >= 15 is 0 Å². The van der Waals surface area contributed by atoms with Crippen molar-refractivity contribution < 1.29 is 9.53 Å². The van der Waals surface area contributed by atoms with Crippen LogP contribution in [0.4, 0.5) is 0 Å². The van der Waals surface area contributed by atoms with Crippen LogP contribution in [0, 0.1) is 19.3 Å². The molecule has 1 heterocycles. The maximum Gasteiger partial charge on any atom is 0.340 e. The number of esters is 1. The summed E-state index contributed by atoms with van der Waals surface area (Å²) in [6, 6.07) is 17.6. The predicted molar refractivity (Wildman–Crippen MR) is 102 cm³/mol. The maximum atomic E-state index is 12.6. The van der Waals surface area contributed by atoms with Crippen molar-refractivity contribution in [3.8, 4) is 16.8 Å². The van der Waals surface area contributed by atoms with E-state index in [4.69, 9.17) is 10.1 Å². The number of pyridine rings is 1. The standard InChI is InChI=1S/C22H22N2O2/c1-4-26-22(25)19-14-24(18-12-10-15(2)11-13-18)21(23)16(3)20(19)17-8-6-5-7-9-17/h5-14,23H,4H2,1-3H3. The molecule has 0 radical (unpaired) electrons. The molecule has 3 rings (SSSR count). The highest BCUT2D eigenvalue weighted by atomic mass is 16.5. The van der Waals surface area contributed by atoms with Gasteiger partial charge in [0.25, 0.3) is 0 Å². The van der Waals surface area contributed by atoms with Crippen LogP contribution in [-0.2, 0) is 4.74 Å². The molecule has 0 aliphatic carbocycles. The van der Waals surface area contributed by atoms with Crippen LogP contribution in [0.25, 0.3) is 16.8 Å². The Balaban J connectivity index is 2.29. The molecular formula is C22H22N2O2. The van der Waals surface area contributed by atoms with Crippen molar-refractivity contribution in [1.82, 2.24) is 4.57 Å². The Morgan fingerprint density at radius 2 is 1.69 bits per heavy atom. The second-order valence-corrected chi connectivity index (χ2v) is 6.18. The molecule has 4 nitrogen and oxygen atoms in total. The zero-order valence-electron chi connectivity index (χ0n) is 15.2. The van der Waals surface area contributed by atoms with E-state index in [0.29, 0.717) is 17.7 Å². The molecule has 0 unspecified atom stereocenters. The lowest BCUT2D eigenvalue weighted by Crippen LogP contribution is -2.24. The van der Waals surface area contributed by atoms with Crippen molar-refractivity contribution in [3.05, 3.63) is 83.0 Å². The number of nitrogens with zero attached hydrogens (tertiary/aromatic N) is 1. The van der Waals surface area contributed by atoms with Gasteiger partial charge < -0.3 is 9.30 Å². The van der Waals surface area contributed by atoms with Gasteiger partial charge in [0.05, 0.1) is 12.2 Å². The minimum atomic E-state index is -0.379. The van der Waals surface area contributed by atoms with Gasteiger partial charge in [0, 0.05) is 23.0 Å². The zero-order chi connectivity index (χ0) is 18.7. The Labute approximate surface area is 153 Å². The van der Waals surface area contributed by atoms with E-state index < -0.39 is 0 Å². The molecule has 0 aliphatic rings. The zero-order valence-corrected chi connectivity index (χ0v) is 15.2. The maximum absolute atomic E-state index is 12.6. The topological polar surface area (TPSA) is 55.1 Å². The lowest BCUT2D eigenvalue weighted by Gasteiger charge is -2.17. The van der Waals surface area contributed by atoms with Crippen LogP contribution >= 0.6 is 0 Å². The van der Waals surface area contributed by atoms with E-state index in [2.05, 4.69) is 0 Å². The molecule has 0 saturated heterocycles. The van der Waals surface area contributed by atoms with Gasteiger partial charge in [-0.05, 0) is 38.5 Å². The fourth-order valence-corrected chi connectivity index (χ4v) is 3.01. The molecule has 2 aromatic carbocycles. The van der Waals surface area contributed by atoms with Gasteiger partial charge in [-0.25, -0.2) is 4.79 Å². The third-order valence-corrected chi connectivity index (χ3v) is 4.37. The number of aromatic nitrogens is 1. The van der Waals surface area contributed by atoms with E-state index in [1.54, 1.807) is 17.7 Å². The number of hydrogen-bond acceptors (Lipinski definition) is 3. The summed E-state index contributed by atoms with van der Waals surface area (Å²) in [4.78, 5) is 12.6. The minimum Gasteiger partial charge on any atom is -0.462 e. The van der Waals surface area contributed by atoms with Crippen molar-refractivity contribution in [2.75, 3.05) is 6.61 Å². The average Bonchev–Trinajstić information content (AvgIpc) is 2.65. The van der Waals surface area contributed by atoms with Crippen molar-refractivity contribution >= 4 is 5.97 Å². The Morgan fingerprint density at radius 3 is 2.31 bits per heavy atom. The number of carbonyl (C=O) groups excluding carboxylic acids is 1. The van der Waals surface area contributed by atoms with Crippen LogP contribution < -0.4 is 5.49 Å². The smallest absolute Gasteiger partial charge is 0.340 e. The van der Waals surface area contributed by atoms with Crippen LogP contribution in [-0.4, -0.2) is 17.1 Å². The Bertz CT molecular complexity index is 987. The lowest BCUT2D eigenvalue weighted by molar-refractivity contribution is 0.0526. The largest absolute Gasteiger partial charge is 0.462 e. The summed E-state index contributed by atoms with van der Waals surface area (Å²) in [5.74, 6) is -0.379. The van der Waals surface area contributed by atoms with Crippen molar-refractivity contribution in [2.45, 2.75) is 20.8 Å². The number of ether oxygens (including phenoxy) is 1. The van der Waals surface area contributed by atoms with Crippen molar-refractivity contribution in [1.29, 1.82) is 5.41 Å². The fourth-order valence-electron chi connectivity index (χ4n) is 3.01. The van der Waals surface area contributed by atoms with Crippen LogP contribution in [0.15, 0.2) is 60.8 Å². The molecule has 3 aromatic rings. The summed E-state index contributed by atoms with van der Waals surface area (Å²) >= 11 is 0. The van der Waals surface area contributed by atoms with E-state index in [1.807, 2.05) is 68.4 Å². The molecule has 0 bridgehead atoms. The number of carbonyl (C=O) groups is 1. The molecule has 0 aliphatic heterocycles. The van der Waals surface area contributed by atoms with Gasteiger partial charge >= 0.3 is 5.97 Å². The Hall–Kier alpha value is -3.14. The number of rotatable bonds is 4. The summed E-state index contributed by atoms with van der Waals surface area (Å²) in [6.07, 6.45) is 1.71. The molecule has 4 heteroatoms. The molecule has 0 atom stereocenters. The van der Waals surface area contributed by atoms with Crippen molar-refractivity contribution in [3.63, 3.8) is 0 Å². The summed E-state index contributed by atoms with van der Waals surface area (Å²) in [5.41, 5.74) is 5.18. The quantitative estimate of drug-likeness (QED) is 0.711. The summed E-state index contributed by atoms with van der Waals surface area (Å²) < 4.78 is 7.01. The van der Waals surface area contributed by atoms with Gasteiger partial charge in [-0.1, -0.05) is 48.0 Å². The lowest BCUT2D eigenvalue weighted by atomic mass is 9.96. The minimum absolute atomic E-state index is 0.305. The molecule has 0 fully saturated rings. The van der Waals surface area contributed by atoms with E-state index in [1.165, 1.54) is 0 Å². The molecule has 132 valence electrons. The number of hydrogen-bond donors (Lipinski definition) is 1. The monoisotopic (exact) mass is 346 g/mol. The summed E-state index contributed by atoms with van der Waals surface area (Å²) in [6.45, 7) is 5.99. The van der Waals surface area contributed by atoms with Crippen LogP contribution in [0.2, 0.25) is 0 Å². The highest BCUT2D eigenvalue weighted by Crippen LogP contribution is 2.27. The molecule has 0 spiro atoms. The molecular weight excluding hydrogens is 324 g/mol. The normalized spacial score (nSPS) is 10.6. The molecule has 26 heavy (non-hydrogen) atoms. The molecule has 0 saturated carbocycles. The average molecular weight is 346 g/mol. The van der Waals surface area contributed by atoms with E-state index in [9.17, 15) is 4.79 Å². The second-order valence-electron chi connectivity index (χ2n) is 6.18. The Morgan fingerprint density at radius 1 is 1.04 bits per heavy atom. The highest BCUT2D eigenvalue weighted by molar-refractivity contribution is 5.98. The van der Waals surface area contributed by atoms with Gasteiger partial charge in [0.2, 0.25) is 0 Å². The number of benzene rings is 2. The summed E-state index contributed by atoms with van der Waals surface area (Å²) in [5, 5.41) is 8.63. The molecule has 1 aromatic heterocycles. The third-order valence-electron chi connectivity index (χ3n) is 4.37. The first-order chi connectivity index (χ1) is 12.5. The van der Waals surface area contributed by atoms with Crippen LogP contribution in [0.1, 0.15) is 28.4 Å². The number of nitrogens with one attached hydrogen (secondary N) is 1. The van der Waals surface area contributed by atoms with Gasteiger partial charge in [0.1, 0.15) is 5.49 Å². The number of aryl methyl sites for hydroxylation is 1. The fraction of sp³-hybridized carbons (Fsp3) is 0.182. The highest BCUT2D eigenvalue weighted by Gasteiger charge is 2.19. The van der Waals surface area contributed by atoms with Gasteiger partial charge in [-0.3, -0.25) is 5.41 Å². The first kappa shape index (κ1) is 17.7. The second kappa shape index (κ2) is 7.40. The first-order valence-corrected chi connectivity index (χ1v) is 8.63. The molecule has 0 amide bonds. The molecule has 1 N–H and O–H groups in total. The van der Waals surface area contributed by atoms with Crippen LogP contribution in [0.3, 0.4) is 0 Å². The SMILES string of the molecule is CCOC(=O)c1cn(-c2ccc(C)cc2)c(=N)c(C)c1-c1ccccc1. The van der Waals surface area contributed by atoms with Gasteiger partial charge in [-0.15, -0.1) is 0 Å². The van der Waals surface area contributed by atoms with Crippen molar-refractivity contribution in [2.24, 2.45) is 0 Å². The van der Waals surface area contributed by atoms with Gasteiger partial charge in [0.15, 0.2) is 0 Å². The predicted octanol–water partition coefficient (Wildman–Crippen LogP) is 4.42. The van der Waals surface area contributed by atoms with E-state index in [0.717, 1.165) is 27.9 Å². The van der Waals surface area contributed by atoms with Gasteiger partial charge in [-0.2, -0.15) is 0 Å². The first-order valence-electron chi connectivity index (χ1n) is 8.63.